The highest BCUT2D eigenvalue weighted by Crippen LogP contribution is 2.31. The number of nitrogens with one attached hydrogen (secondary N) is 1. The van der Waals surface area contributed by atoms with E-state index in [1.807, 2.05) is 0 Å². The van der Waals surface area contributed by atoms with Gasteiger partial charge in [-0.2, -0.15) is 5.10 Å². The van der Waals surface area contributed by atoms with Crippen molar-refractivity contribution in [1.29, 1.82) is 0 Å². The van der Waals surface area contributed by atoms with Gasteiger partial charge < -0.3 is 5.11 Å². The fraction of sp³-hybridized carbons (Fsp3) is 0. The van der Waals surface area contributed by atoms with Crippen molar-refractivity contribution in [3.63, 3.8) is 0 Å². The molecule has 0 unspecified atom stereocenters. The lowest BCUT2D eigenvalue weighted by Gasteiger charge is -2.03. The number of anilines is 1. The molecule has 0 atom stereocenters. The number of phenols is 1. The van der Waals surface area contributed by atoms with Gasteiger partial charge in [-0.15, -0.1) is 0 Å². The minimum absolute atomic E-state index is 0.123. The van der Waals surface area contributed by atoms with Crippen molar-refractivity contribution in [1.82, 2.24) is 0 Å². The largest absolute Gasteiger partial charge is 0.506 e. The molecule has 0 aromatic heterocycles. The lowest BCUT2D eigenvalue weighted by atomic mass is 10.2. The molecule has 6 nitrogen and oxygen atoms in total. The maximum atomic E-state index is 10.8. The average Bonchev–Trinajstić information content (AvgIpc) is 2.45. The number of non-ortho nitro benzene ring substituents is 1. The summed E-state index contributed by atoms with van der Waals surface area (Å²) in [5, 5.41) is 25.1. The van der Waals surface area contributed by atoms with Gasteiger partial charge in [-0.1, -0.05) is 11.6 Å². The van der Waals surface area contributed by atoms with Gasteiger partial charge in [-0.25, -0.2) is 0 Å². The molecule has 21 heavy (non-hydrogen) atoms. The predicted octanol–water partition coefficient (Wildman–Crippen LogP) is 4.16. The van der Waals surface area contributed by atoms with Crippen LogP contribution in [0, 0.1) is 10.1 Å². The topological polar surface area (TPSA) is 87.8 Å². The first kappa shape index (κ1) is 15.3. The van der Waals surface area contributed by atoms with E-state index in [4.69, 9.17) is 11.6 Å². The highest BCUT2D eigenvalue weighted by atomic mass is 79.9. The molecule has 0 fully saturated rings. The van der Waals surface area contributed by atoms with Crippen LogP contribution in [0.3, 0.4) is 0 Å². The maximum absolute atomic E-state index is 10.8. The molecule has 0 aliphatic heterocycles. The zero-order chi connectivity index (χ0) is 15.4. The molecule has 0 radical (unpaired) electrons. The lowest BCUT2D eigenvalue weighted by Crippen LogP contribution is -1.94. The number of hydrogen-bond acceptors (Lipinski definition) is 5. The highest BCUT2D eigenvalue weighted by molar-refractivity contribution is 9.10. The second kappa shape index (κ2) is 6.55. The molecule has 0 amide bonds. The van der Waals surface area contributed by atoms with Crippen LogP contribution in [0.1, 0.15) is 5.56 Å². The number of nitro benzene ring substituents is 1. The zero-order valence-corrected chi connectivity index (χ0v) is 12.8. The van der Waals surface area contributed by atoms with Gasteiger partial charge in [-0.3, -0.25) is 15.5 Å². The van der Waals surface area contributed by atoms with Gasteiger partial charge in [0.05, 0.1) is 21.3 Å². The van der Waals surface area contributed by atoms with Crippen LogP contribution in [0.15, 0.2) is 46.0 Å². The molecule has 2 aromatic rings. The molecule has 2 N–H and O–H groups in total. The molecule has 0 saturated heterocycles. The monoisotopic (exact) mass is 369 g/mol. The van der Waals surface area contributed by atoms with Gasteiger partial charge in [-0.05, 0) is 40.2 Å². The molecule has 2 rings (SSSR count). The summed E-state index contributed by atoms with van der Waals surface area (Å²) in [6.45, 7) is 0. The minimum atomic E-state index is -0.547. The first-order valence-corrected chi connectivity index (χ1v) is 6.86. The number of nitrogens with zero attached hydrogens (tertiary/aromatic N) is 2. The van der Waals surface area contributed by atoms with E-state index in [0.717, 1.165) is 0 Å². The third-order valence-electron chi connectivity index (χ3n) is 2.53. The van der Waals surface area contributed by atoms with Crippen LogP contribution in [-0.2, 0) is 0 Å². The number of aromatic hydroxyl groups is 1. The zero-order valence-electron chi connectivity index (χ0n) is 10.5. The average molecular weight is 371 g/mol. The van der Waals surface area contributed by atoms with Crippen molar-refractivity contribution in [2.45, 2.75) is 0 Å². The van der Waals surface area contributed by atoms with E-state index in [1.165, 1.54) is 18.3 Å². The quantitative estimate of drug-likeness (QED) is 0.480. The first-order chi connectivity index (χ1) is 9.97. The molecular formula is C13H9BrClN3O3. The van der Waals surface area contributed by atoms with Crippen molar-refractivity contribution < 1.29 is 10.0 Å². The van der Waals surface area contributed by atoms with Gasteiger partial charge >= 0.3 is 0 Å². The second-order valence-corrected chi connectivity index (χ2v) is 5.29. The molecule has 0 aliphatic rings. The van der Waals surface area contributed by atoms with Gasteiger partial charge in [0.15, 0.2) is 0 Å². The van der Waals surface area contributed by atoms with Crippen LogP contribution in [0.25, 0.3) is 0 Å². The second-order valence-electron chi connectivity index (χ2n) is 4.00. The Morgan fingerprint density at radius 1 is 1.33 bits per heavy atom. The molecular weight excluding hydrogens is 362 g/mol. The summed E-state index contributed by atoms with van der Waals surface area (Å²) in [6, 6.07) is 9.29. The Bertz CT molecular complexity index is 705. The summed E-state index contributed by atoms with van der Waals surface area (Å²) >= 11 is 8.82. The molecule has 0 saturated carbocycles. The van der Waals surface area contributed by atoms with E-state index >= 15 is 0 Å². The van der Waals surface area contributed by atoms with E-state index in [9.17, 15) is 15.2 Å². The van der Waals surface area contributed by atoms with E-state index in [0.29, 0.717) is 10.7 Å². The summed E-state index contributed by atoms with van der Waals surface area (Å²) in [7, 11) is 0. The molecule has 0 bridgehead atoms. The molecule has 108 valence electrons. The van der Waals surface area contributed by atoms with Gasteiger partial charge in [0.25, 0.3) is 5.69 Å². The van der Waals surface area contributed by atoms with Crippen molar-refractivity contribution >= 4 is 45.1 Å². The molecule has 0 aliphatic carbocycles. The number of rotatable bonds is 4. The third-order valence-corrected chi connectivity index (χ3v) is 3.39. The van der Waals surface area contributed by atoms with Crippen LogP contribution in [-0.4, -0.2) is 16.2 Å². The smallest absolute Gasteiger partial charge is 0.271 e. The number of hydrogen-bond donors (Lipinski definition) is 2. The van der Waals surface area contributed by atoms with Crippen LogP contribution in [0.2, 0.25) is 5.02 Å². The Morgan fingerprint density at radius 3 is 2.62 bits per heavy atom. The summed E-state index contributed by atoms with van der Waals surface area (Å²) in [4.78, 5) is 10.2. The summed E-state index contributed by atoms with van der Waals surface area (Å²) in [5.74, 6) is -0.123. The standard InChI is InChI=1S/C13H9BrClN3O3/c14-12-6-11(18(20)21)5-8(13(12)19)7-16-17-10-3-1-9(15)2-4-10/h1-7,17,19H. The lowest BCUT2D eigenvalue weighted by molar-refractivity contribution is -0.385. The van der Waals surface area contributed by atoms with Crippen LogP contribution in [0.5, 0.6) is 5.75 Å². The minimum Gasteiger partial charge on any atom is -0.506 e. The summed E-state index contributed by atoms with van der Waals surface area (Å²) in [5.41, 5.74) is 3.50. The number of hydrazone groups is 1. The normalized spacial score (nSPS) is 10.8. The number of nitro groups is 1. The highest BCUT2D eigenvalue weighted by Gasteiger charge is 2.13. The summed E-state index contributed by atoms with van der Waals surface area (Å²) in [6.07, 6.45) is 1.29. The van der Waals surface area contributed by atoms with Gasteiger partial charge in [0, 0.05) is 22.7 Å². The predicted molar refractivity (Wildman–Crippen MR) is 85.1 cm³/mol. The van der Waals surface area contributed by atoms with Gasteiger partial charge in [0.2, 0.25) is 0 Å². The fourth-order valence-corrected chi connectivity index (χ4v) is 2.10. The number of phenolic OH excluding ortho intramolecular Hbond substituents is 1. The van der Waals surface area contributed by atoms with Gasteiger partial charge in [0.1, 0.15) is 5.75 Å². The van der Waals surface area contributed by atoms with E-state index in [1.54, 1.807) is 24.3 Å². The molecule has 0 spiro atoms. The Labute approximate surface area is 133 Å². The van der Waals surface area contributed by atoms with Crippen LogP contribution in [0.4, 0.5) is 11.4 Å². The SMILES string of the molecule is O=[N+]([O-])c1cc(Br)c(O)c(C=NNc2ccc(Cl)cc2)c1. The fourth-order valence-electron chi connectivity index (χ4n) is 1.51. The first-order valence-electron chi connectivity index (χ1n) is 5.69. The van der Waals surface area contributed by atoms with Crippen LogP contribution < -0.4 is 5.43 Å². The number of benzene rings is 2. The third kappa shape index (κ3) is 3.93. The molecule has 8 heteroatoms. The van der Waals surface area contributed by atoms with Crippen molar-refractivity contribution in [2.75, 3.05) is 5.43 Å². The van der Waals surface area contributed by atoms with E-state index in [2.05, 4.69) is 26.5 Å². The molecule has 2 aromatic carbocycles. The van der Waals surface area contributed by atoms with Crippen molar-refractivity contribution in [3.8, 4) is 5.75 Å². The summed E-state index contributed by atoms with van der Waals surface area (Å²) < 4.78 is 0.227. The Morgan fingerprint density at radius 2 is 2.00 bits per heavy atom. The Hall–Kier alpha value is -2.12. The maximum Gasteiger partial charge on any atom is 0.271 e. The van der Waals surface area contributed by atoms with E-state index in [-0.39, 0.29) is 21.5 Å². The van der Waals surface area contributed by atoms with Crippen molar-refractivity contribution in [2.24, 2.45) is 5.10 Å². The molecule has 0 heterocycles. The van der Waals surface area contributed by atoms with Crippen molar-refractivity contribution in [3.05, 3.63) is 61.6 Å². The number of halogens is 2. The van der Waals surface area contributed by atoms with E-state index < -0.39 is 4.92 Å². The van der Waals surface area contributed by atoms with Crippen LogP contribution >= 0.6 is 27.5 Å². The Balaban J connectivity index is 2.20. The Kier molecular flexibility index (Phi) is 4.77.